The first-order chi connectivity index (χ1) is 16.0. The molecule has 174 valence electrons. The molecule has 0 amide bonds. The number of aromatic nitrogens is 1. The van der Waals surface area contributed by atoms with E-state index in [1.165, 1.54) is 31.4 Å². The highest BCUT2D eigenvalue weighted by molar-refractivity contribution is 5.90. The van der Waals surface area contributed by atoms with Gasteiger partial charge in [0, 0.05) is 36.5 Å². The van der Waals surface area contributed by atoms with Crippen molar-refractivity contribution >= 4 is 18.2 Å². The van der Waals surface area contributed by atoms with Crippen LogP contribution in [0, 0.1) is 34.3 Å². The molecule has 1 aliphatic rings. The Labute approximate surface area is 202 Å². The summed E-state index contributed by atoms with van der Waals surface area (Å²) in [6.07, 6.45) is 3.09. The Bertz CT molecular complexity index is 1290. The highest BCUT2D eigenvalue weighted by Crippen LogP contribution is 2.40. The maximum atomic E-state index is 14.5. The van der Waals surface area contributed by atoms with Gasteiger partial charge in [-0.25, -0.2) is 13.8 Å². The van der Waals surface area contributed by atoms with Gasteiger partial charge in [-0.1, -0.05) is 12.1 Å². The number of methoxy groups -OCH3 is 1. The number of pyridine rings is 1. The van der Waals surface area contributed by atoms with Crippen molar-refractivity contribution in [1.82, 2.24) is 4.98 Å². The smallest absolute Gasteiger partial charge is 0.165 e. The SMILES string of the molecule is COc1ccc(-c2cnc(N3CCC(N)CC3)c(C#N)c2-c2ccc(C#N)c(F)c2)cc1F.Cl. The van der Waals surface area contributed by atoms with Gasteiger partial charge in [0.25, 0.3) is 0 Å². The Hall–Kier alpha value is -3.72. The second-order valence-electron chi connectivity index (χ2n) is 7.84. The van der Waals surface area contributed by atoms with Gasteiger partial charge in [-0.05, 0) is 48.2 Å². The molecule has 0 saturated carbocycles. The van der Waals surface area contributed by atoms with E-state index in [1.807, 2.05) is 4.90 Å². The molecular weight excluding hydrogens is 460 g/mol. The lowest BCUT2D eigenvalue weighted by atomic mass is 9.91. The molecule has 0 unspecified atom stereocenters. The van der Waals surface area contributed by atoms with Crippen molar-refractivity contribution in [3.05, 3.63) is 65.4 Å². The molecule has 0 atom stereocenters. The number of halogens is 3. The molecule has 2 N–H and O–H groups in total. The van der Waals surface area contributed by atoms with E-state index in [9.17, 15) is 14.0 Å². The molecule has 6 nitrogen and oxygen atoms in total. The largest absolute Gasteiger partial charge is 0.494 e. The fourth-order valence-corrected chi connectivity index (χ4v) is 4.07. The summed E-state index contributed by atoms with van der Waals surface area (Å²) < 4.78 is 34.0. The molecule has 0 bridgehead atoms. The average molecular weight is 482 g/mol. The number of ether oxygens (including phenoxy) is 1. The van der Waals surface area contributed by atoms with E-state index in [0.29, 0.717) is 41.2 Å². The summed E-state index contributed by atoms with van der Waals surface area (Å²) in [4.78, 5) is 6.54. The van der Waals surface area contributed by atoms with Crippen LogP contribution in [0.25, 0.3) is 22.3 Å². The molecule has 1 aromatic heterocycles. The van der Waals surface area contributed by atoms with Gasteiger partial charge in [-0.3, -0.25) is 0 Å². The summed E-state index contributed by atoms with van der Waals surface area (Å²) in [5.41, 5.74) is 7.92. The van der Waals surface area contributed by atoms with E-state index < -0.39 is 11.6 Å². The van der Waals surface area contributed by atoms with Gasteiger partial charge in [0.1, 0.15) is 29.3 Å². The monoisotopic (exact) mass is 481 g/mol. The molecule has 1 fully saturated rings. The molecule has 1 saturated heterocycles. The van der Waals surface area contributed by atoms with Crippen molar-refractivity contribution in [2.45, 2.75) is 18.9 Å². The van der Waals surface area contributed by atoms with Crippen molar-refractivity contribution < 1.29 is 13.5 Å². The Balaban J connectivity index is 0.00000324. The van der Waals surface area contributed by atoms with Crippen LogP contribution >= 0.6 is 12.4 Å². The zero-order valence-corrected chi connectivity index (χ0v) is 19.2. The lowest BCUT2D eigenvalue weighted by molar-refractivity contribution is 0.386. The van der Waals surface area contributed by atoms with Crippen LogP contribution in [0.2, 0.25) is 0 Å². The van der Waals surface area contributed by atoms with Crippen LogP contribution in [0.15, 0.2) is 42.6 Å². The van der Waals surface area contributed by atoms with Crippen LogP contribution in [0.1, 0.15) is 24.0 Å². The van der Waals surface area contributed by atoms with Gasteiger partial charge in [0.15, 0.2) is 11.6 Å². The lowest BCUT2D eigenvalue weighted by Gasteiger charge is -2.32. The van der Waals surface area contributed by atoms with Gasteiger partial charge >= 0.3 is 0 Å². The highest BCUT2D eigenvalue weighted by Gasteiger charge is 2.25. The first kappa shape index (κ1) is 24.9. The van der Waals surface area contributed by atoms with Gasteiger partial charge in [-0.2, -0.15) is 10.5 Å². The summed E-state index contributed by atoms with van der Waals surface area (Å²) in [7, 11) is 1.37. The van der Waals surface area contributed by atoms with Crippen LogP contribution in [-0.4, -0.2) is 31.2 Å². The third kappa shape index (κ3) is 4.65. The van der Waals surface area contributed by atoms with Crippen LogP contribution in [-0.2, 0) is 0 Å². The summed E-state index contributed by atoms with van der Waals surface area (Å²) in [5, 5.41) is 19.2. The van der Waals surface area contributed by atoms with Crippen molar-refractivity contribution in [3.8, 4) is 40.1 Å². The summed E-state index contributed by atoms with van der Waals surface area (Å²) >= 11 is 0. The lowest BCUT2D eigenvalue weighted by Crippen LogP contribution is -2.40. The predicted molar refractivity (Wildman–Crippen MR) is 128 cm³/mol. The number of piperidine rings is 1. The molecule has 0 aliphatic carbocycles. The number of hydrogen-bond acceptors (Lipinski definition) is 6. The number of anilines is 1. The van der Waals surface area contributed by atoms with Gasteiger partial charge in [-0.15, -0.1) is 12.4 Å². The topological polar surface area (TPSA) is 99.0 Å². The first-order valence-corrected chi connectivity index (χ1v) is 10.4. The third-order valence-electron chi connectivity index (χ3n) is 5.85. The molecule has 0 radical (unpaired) electrons. The Morgan fingerprint density at radius 1 is 1.03 bits per heavy atom. The molecule has 1 aliphatic heterocycles. The Morgan fingerprint density at radius 2 is 1.71 bits per heavy atom. The van der Waals surface area contributed by atoms with E-state index in [0.717, 1.165) is 12.8 Å². The van der Waals surface area contributed by atoms with Crippen LogP contribution < -0.4 is 15.4 Å². The van der Waals surface area contributed by atoms with Crippen molar-refractivity contribution in [1.29, 1.82) is 10.5 Å². The maximum absolute atomic E-state index is 14.5. The van der Waals surface area contributed by atoms with Gasteiger partial charge in [0.2, 0.25) is 0 Å². The van der Waals surface area contributed by atoms with E-state index in [-0.39, 0.29) is 35.3 Å². The van der Waals surface area contributed by atoms with E-state index >= 15 is 0 Å². The molecule has 9 heteroatoms. The summed E-state index contributed by atoms with van der Waals surface area (Å²) in [5.74, 6) is -0.714. The molecular formula is C25H22ClF2N5O. The zero-order chi connectivity index (χ0) is 23.5. The second-order valence-corrected chi connectivity index (χ2v) is 7.84. The molecule has 2 heterocycles. The Morgan fingerprint density at radius 3 is 2.29 bits per heavy atom. The molecule has 4 rings (SSSR count). The number of benzene rings is 2. The zero-order valence-electron chi connectivity index (χ0n) is 18.4. The van der Waals surface area contributed by atoms with E-state index in [2.05, 4.69) is 11.1 Å². The average Bonchev–Trinajstić information content (AvgIpc) is 2.83. The van der Waals surface area contributed by atoms with E-state index in [4.69, 9.17) is 15.7 Å². The van der Waals surface area contributed by atoms with Gasteiger partial charge < -0.3 is 15.4 Å². The van der Waals surface area contributed by atoms with Gasteiger partial charge in [0.05, 0.1) is 12.7 Å². The molecule has 0 spiro atoms. The standard InChI is InChI=1S/C25H21F2N5O.ClH/c1-33-23-5-4-15(10-22(23)27)20-14-31-25(32-8-6-18(30)7-9-32)19(13-29)24(20)16-2-3-17(12-28)21(26)11-16;/h2-5,10-11,14,18H,6-9,30H2,1H3;1H. The highest BCUT2D eigenvalue weighted by atomic mass is 35.5. The van der Waals surface area contributed by atoms with E-state index in [1.54, 1.807) is 24.4 Å². The normalized spacial score (nSPS) is 13.5. The maximum Gasteiger partial charge on any atom is 0.165 e. The second kappa shape index (κ2) is 10.5. The Kier molecular flexibility index (Phi) is 7.68. The van der Waals surface area contributed by atoms with Crippen LogP contribution in [0.5, 0.6) is 5.75 Å². The molecule has 3 aromatic rings. The fraction of sp³-hybridized carbons (Fsp3) is 0.240. The van der Waals surface area contributed by atoms with Crippen molar-refractivity contribution in [3.63, 3.8) is 0 Å². The minimum atomic E-state index is -0.701. The third-order valence-corrected chi connectivity index (χ3v) is 5.85. The van der Waals surface area contributed by atoms with Crippen molar-refractivity contribution in [2.75, 3.05) is 25.1 Å². The minimum absolute atomic E-state index is 0. The van der Waals surface area contributed by atoms with Crippen LogP contribution in [0.3, 0.4) is 0 Å². The van der Waals surface area contributed by atoms with Crippen LogP contribution in [0.4, 0.5) is 14.6 Å². The summed E-state index contributed by atoms with van der Waals surface area (Å²) in [6, 6.07) is 12.7. The fourth-order valence-electron chi connectivity index (χ4n) is 4.07. The number of hydrogen-bond donors (Lipinski definition) is 1. The molecule has 2 aromatic carbocycles. The quantitative estimate of drug-likeness (QED) is 0.575. The number of nitriles is 2. The van der Waals surface area contributed by atoms with Crippen molar-refractivity contribution in [2.24, 2.45) is 5.73 Å². The number of nitrogens with two attached hydrogens (primary N) is 1. The predicted octanol–water partition coefficient (Wildman–Crippen LogP) is 4.80. The molecule has 34 heavy (non-hydrogen) atoms. The minimum Gasteiger partial charge on any atom is -0.494 e. The first-order valence-electron chi connectivity index (χ1n) is 10.4. The number of rotatable bonds is 4. The number of nitrogens with zero attached hydrogens (tertiary/aromatic N) is 4. The summed E-state index contributed by atoms with van der Waals surface area (Å²) in [6.45, 7) is 1.28.